The van der Waals surface area contributed by atoms with E-state index >= 15 is 0 Å². The maximum atomic E-state index is 7.17. The van der Waals surface area contributed by atoms with Gasteiger partial charge in [-0.2, -0.15) is 0 Å². The zero-order chi connectivity index (χ0) is 38.2. The van der Waals surface area contributed by atoms with Gasteiger partial charge in [0, 0.05) is 33.7 Å². The van der Waals surface area contributed by atoms with Crippen molar-refractivity contribution >= 4 is 65.7 Å². The lowest BCUT2D eigenvalue weighted by Crippen LogP contribution is -1.96. The highest BCUT2D eigenvalue weighted by Crippen LogP contribution is 2.44. The van der Waals surface area contributed by atoms with Crippen molar-refractivity contribution in [2.24, 2.45) is 0 Å². The maximum absolute atomic E-state index is 7.17. The molecule has 0 fully saturated rings. The molecule has 8 aromatic carbocycles. The van der Waals surface area contributed by atoms with Gasteiger partial charge in [0.25, 0.3) is 0 Å². The number of rotatable bonds is 6. The first-order chi connectivity index (χ1) is 28.8. The largest absolute Gasteiger partial charge is 0.456 e. The van der Waals surface area contributed by atoms with E-state index in [1.54, 1.807) is 0 Å². The summed E-state index contributed by atoms with van der Waals surface area (Å²) in [6.45, 7) is 0. The van der Waals surface area contributed by atoms with Crippen LogP contribution in [-0.2, 0) is 0 Å². The second kappa shape index (κ2) is 12.8. The highest BCUT2D eigenvalue weighted by molar-refractivity contribution is 6.15. The molecule has 0 spiro atoms. The molecule has 0 radical (unpaired) electrons. The van der Waals surface area contributed by atoms with E-state index < -0.39 is 0 Å². The molecular formula is C53H33N3O2. The van der Waals surface area contributed by atoms with Crippen molar-refractivity contribution in [1.82, 2.24) is 14.1 Å². The van der Waals surface area contributed by atoms with Crippen molar-refractivity contribution in [3.05, 3.63) is 200 Å². The molecule has 12 aromatic rings. The Kier molecular flexibility index (Phi) is 7.16. The number of aromatic nitrogens is 3. The molecule has 58 heavy (non-hydrogen) atoms. The van der Waals surface area contributed by atoms with Gasteiger partial charge in [-0.3, -0.25) is 4.98 Å². The topological polar surface area (TPSA) is 45.1 Å². The fraction of sp³-hybridized carbons (Fsp3) is 0. The molecule has 4 aromatic heterocycles. The van der Waals surface area contributed by atoms with E-state index in [4.69, 9.17) is 9.15 Å². The van der Waals surface area contributed by atoms with Gasteiger partial charge in [-0.1, -0.05) is 109 Å². The van der Waals surface area contributed by atoms with Crippen molar-refractivity contribution in [3.63, 3.8) is 0 Å². The molecule has 12 rings (SSSR count). The third-order valence-electron chi connectivity index (χ3n) is 11.4. The van der Waals surface area contributed by atoms with Gasteiger partial charge in [0.2, 0.25) is 0 Å². The van der Waals surface area contributed by atoms with Gasteiger partial charge in [0.15, 0.2) is 5.58 Å². The standard InChI is InChI=1S/C53H33N3O2/c1-3-14-34(15-4-1)36-30-37(35-16-5-2-6-17-35)32-39(31-36)56-44-21-10-8-19-41(44)52-46(56)23-12-25-49(52)58-48-24-11-22-45-51(48)40-18-7-9-20-43(40)55(45)38-27-28-47-42(33-38)53-50(57-47)26-13-29-54-53/h1-33H. The van der Waals surface area contributed by atoms with Crippen LogP contribution in [0.2, 0.25) is 0 Å². The van der Waals surface area contributed by atoms with Crippen LogP contribution in [0.5, 0.6) is 11.5 Å². The summed E-state index contributed by atoms with van der Waals surface area (Å²) in [5, 5.41) is 5.35. The van der Waals surface area contributed by atoms with Gasteiger partial charge in [0.05, 0.1) is 32.8 Å². The molecule has 0 unspecified atom stereocenters. The number of benzene rings is 8. The zero-order valence-electron chi connectivity index (χ0n) is 31.2. The maximum Gasteiger partial charge on any atom is 0.153 e. The second-order valence-corrected chi connectivity index (χ2v) is 14.7. The quantitative estimate of drug-likeness (QED) is 0.170. The summed E-state index contributed by atoms with van der Waals surface area (Å²) in [5.74, 6) is 1.60. The van der Waals surface area contributed by atoms with Crippen LogP contribution in [0.1, 0.15) is 0 Å². The van der Waals surface area contributed by atoms with Crippen molar-refractivity contribution in [2.45, 2.75) is 0 Å². The Labute approximate surface area is 333 Å². The molecule has 0 saturated carbocycles. The predicted octanol–water partition coefficient (Wildman–Crippen LogP) is 14.3. The summed E-state index contributed by atoms with van der Waals surface area (Å²) in [5.41, 5.74) is 13.6. The predicted molar refractivity (Wildman–Crippen MR) is 238 cm³/mol. The van der Waals surface area contributed by atoms with Crippen LogP contribution in [0.15, 0.2) is 205 Å². The first-order valence-corrected chi connectivity index (χ1v) is 19.5. The van der Waals surface area contributed by atoms with Crippen LogP contribution < -0.4 is 4.74 Å². The van der Waals surface area contributed by atoms with Crippen LogP contribution >= 0.6 is 0 Å². The van der Waals surface area contributed by atoms with E-state index in [-0.39, 0.29) is 0 Å². The normalized spacial score (nSPS) is 11.8. The van der Waals surface area contributed by atoms with Crippen LogP contribution in [0, 0.1) is 0 Å². The van der Waals surface area contributed by atoms with Crippen molar-refractivity contribution < 1.29 is 9.15 Å². The van der Waals surface area contributed by atoms with Gasteiger partial charge in [-0.25, -0.2) is 0 Å². The Morgan fingerprint density at radius 1 is 0.379 bits per heavy atom. The Morgan fingerprint density at radius 3 is 1.55 bits per heavy atom. The molecule has 0 aliphatic rings. The van der Waals surface area contributed by atoms with E-state index in [0.29, 0.717) is 0 Å². The average molecular weight is 744 g/mol. The smallest absolute Gasteiger partial charge is 0.153 e. The number of ether oxygens (including phenoxy) is 1. The molecule has 272 valence electrons. The summed E-state index contributed by atoms with van der Waals surface area (Å²) in [6.07, 6.45) is 1.82. The number of hydrogen-bond acceptors (Lipinski definition) is 3. The fourth-order valence-electron chi connectivity index (χ4n) is 8.88. The summed E-state index contributed by atoms with van der Waals surface area (Å²) < 4.78 is 18.0. The molecule has 0 aliphatic heterocycles. The van der Waals surface area contributed by atoms with E-state index in [9.17, 15) is 0 Å². The van der Waals surface area contributed by atoms with Crippen LogP contribution in [0.3, 0.4) is 0 Å². The van der Waals surface area contributed by atoms with Crippen molar-refractivity contribution in [3.8, 4) is 45.1 Å². The minimum absolute atomic E-state index is 0.781. The molecular weight excluding hydrogens is 711 g/mol. The van der Waals surface area contributed by atoms with Crippen molar-refractivity contribution in [2.75, 3.05) is 0 Å². The van der Waals surface area contributed by atoms with E-state index in [2.05, 4.69) is 190 Å². The van der Waals surface area contributed by atoms with E-state index in [0.717, 1.165) is 99.7 Å². The summed E-state index contributed by atoms with van der Waals surface area (Å²) in [4.78, 5) is 4.66. The SMILES string of the molecule is c1ccc(-c2cc(-c3ccccc3)cc(-n3c4ccccc4c4c(Oc5cccc6c5c5ccccc5n6-c5ccc6oc7cccnc7c6c5)cccc43)c2)cc1. The van der Waals surface area contributed by atoms with Gasteiger partial charge in [-0.05, 0) is 107 Å². The summed E-state index contributed by atoms with van der Waals surface area (Å²) in [7, 11) is 0. The number of nitrogens with zero attached hydrogens (tertiary/aromatic N) is 3. The minimum atomic E-state index is 0.781. The molecule has 0 saturated heterocycles. The molecule has 4 heterocycles. The van der Waals surface area contributed by atoms with Gasteiger partial charge in [0.1, 0.15) is 22.6 Å². The Morgan fingerprint density at radius 2 is 0.931 bits per heavy atom. The van der Waals surface area contributed by atoms with Crippen LogP contribution in [-0.4, -0.2) is 14.1 Å². The minimum Gasteiger partial charge on any atom is -0.456 e. The summed E-state index contributed by atoms with van der Waals surface area (Å²) >= 11 is 0. The third-order valence-corrected chi connectivity index (χ3v) is 11.4. The molecule has 0 aliphatic carbocycles. The molecule has 0 amide bonds. The Hall–Kier alpha value is -7.89. The second-order valence-electron chi connectivity index (χ2n) is 14.7. The molecule has 0 bridgehead atoms. The van der Waals surface area contributed by atoms with Crippen molar-refractivity contribution in [1.29, 1.82) is 0 Å². The van der Waals surface area contributed by atoms with E-state index in [1.807, 2.05) is 24.4 Å². The number of para-hydroxylation sites is 2. The van der Waals surface area contributed by atoms with Crippen LogP contribution in [0.4, 0.5) is 0 Å². The molecule has 0 N–H and O–H groups in total. The van der Waals surface area contributed by atoms with Gasteiger partial charge < -0.3 is 18.3 Å². The average Bonchev–Trinajstić information content (AvgIpc) is 3.95. The monoisotopic (exact) mass is 743 g/mol. The first-order valence-electron chi connectivity index (χ1n) is 19.5. The molecule has 0 atom stereocenters. The number of fused-ring (bicyclic) bond motifs is 9. The fourth-order valence-corrected chi connectivity index (χ4v) is 8.88. The lowest BCUT2D eigenvalue weighted by atomic mass is 9.98. The van der Waals surface area contributed by atoms with Gasteiger partial charge >= 0.3 is 0 Å². The van der Waals surface area contributed by atoms with Gasteiger partial charge in [-0.15, -0.1) is 0 Å². The lowest BCUT2D eigenvalue weighted by Gasteiger charge is -2.14. The zero-order valence-corrected chi connectivity index (χ0v) is 31.2. The highest BCUT2D eigenvalue weighted by atomic mass is 16.5. The van der Waals surface area contributed by atoms with E-state index in [1.165, 1.54) is 11.1 Å². The third kappa shape index (κ3) is 5.00. The Balaban J connectivity index is 1.05. The summed E-state index contributed by atoms with van der Waals surface area (Å²) in [6, 6.07) is 68.3. The molecule has 5 nitrogen and oxygen atoms in total. The number of hydrogen-bond donors (Lipinski definition) is 0. The number of pyridine rings is 1. The van der Waals surface area contributed by atoms with Crippen LogP contribution in [0.25, 0.3) is 99.3 Å². The highest BCUT2D eigenvalue weighted by Gasteiger charge is 2.21. The lowest BCUT2D eigenvalue weighted by molar-refractivity contribution is 0.495. The molecule has 5 heteroatoms. The first kappa shape index (κ1) is 32.4. The Bertz CT molecular complexity index is 3480. The number of furan rings is 1.